The Morgan fingerprint density at radius 2 is 1.87 bits per heavy atom. The van der Waals surface area contributed by atoms with Crippen LogP contribution in [0.1, 0.15) is 29.9 Å². The lowest BCUT2D eigenvalue weighted by Crippen LogP contribution is -2.11. The summed E-state index contributed by atoms with van der Waals surface area (Å²) in [6, 6.07) is 4.27. The topological polar surface area (TPSA) is 43.8 Å². The van der Waals surface area contributed by atoms with E-state index in [0.717, 1.165) is 16.9 Å². The van der Waals surface area contributed by atoms with Crippen LogP contribution in [0, 0.1) is 13.8 Å². The van der Waals surface area contributed by atoms with E-state index in [0.29, 0.717) is 0 Å². The number of aryl methyl sites for hydroxylation is 3. The number of hydrogen-bond donors (Lipinski definition) is 1. The first-order valence-corrected chi connectivity index (χ1v) is 5.20. The van der Waals surface area contributed by atoms with Gasteiger partial charge in [-0.15, -0.1) is 0 Å². The maximum atomic E-state index is 5.87. The zero-order valence-electron chi connectivity index (χ0n) is 9.70. The number of imidazole rings is 1. The van der Waals surface area contributed by atoms with Crippen molar-refractivity contribution in [1.29, 1.82) is 0 Å². The molecule has 3 nitrogen and oxygen atoms in total. The minimum absolute atomic E-state index is 0.0250. The molecule has 1 aromatic carbocycles. The quantitative estimate of drug-likeness (QED) is 0.772. The molecular weight excluding hydrogens is 186 g/mol. The van der Waals surface area contributed by atoms with Crippen molar-refractivity contribution in [3.05, 3.63) is 29.1 Å². The molecule has 0 aliphatic rings. The molecule has 0 saturated heterocycles. The first-order chi connectivity index (χ1) is 7.00. The molecule has 0 radical (unpaired) electrons. The van der Waals surface area contributed by atoms with Crippen LogP contribution in [-0.4, -0.2) is 9.55 Å². The number of fused-ring (bicyclic) bond motifs is 1. The summed E-state index contributed by atoms with van der Waals surface area (Å²) in [5, 5.41) is 0. The van der Waals surface area contributed by atoms with E-state index in [1.54, 1.807) is 0 Å². The van der Waals surface area contributed by atoms with Crippen LogP contribution in [0.4, 0.5) is 0 Å². The molecule has 0 bridgehead atoms. The smallest absolute Gasteiger partial charge is 0.126 e. The van der Waals surface area contributed by atoms with Gasteiger partial charge < -0.3 is 10.3 Å². The largest absolute Gasteiger partial charge is 0.330 e. The monoisotopic (exact) mass is 203 g/mol. The fourth-order valence-electron chi connectivity index (χ4n) is 1.87. The van der Waals surface area contributed by atoms with Gasteiger partial charge in [-0.05, 0) is 44.0 Å². The Balaban J connectivity index is 2.77. The van der Waals surface area contributed by atoms with E-state index < -0.39 is 0 Å². The van der Waals surface area contributed by atoms with E-state index >= 15 is 0 Å². The van der Waals surface area contributed by atoms with Crippen LogP contribution in [-0.2, 0) is 7.05 Å². The summed E-state index contributed by atoms with van der Waals surface area (Å²) >= 11 is 0. The van der Waals surface area contributed by atoms with Gasteiger partial charge in [-0.25, -0.2) is 4.98 Å². The van der Waals surface area contributed by atoms with Gasteiger partial charge in [0.25, 0.3) is 0 Å². The zero-order valence-corrected chi connectivity index (χ0v) is 9.70. The molecule has 0 aliphatic heterocycles. The molecule has 1 atom stereocenters. The first kappa shape index (κ1) is 10.2. The molecular formula is C12H17N3. The fraction of sp³-hybridized carbons (Fsp3) is 0.417. The molecule has 0 spiro atoms. The van der Waals surface area contributed by atoms with E-state index in [2.05, 4.69) is 35.5 Å². The van der Waals surface area contributed by atoms with E-state index in [1.807, 2.05) is 14.0 Å². The molecule has 0 saturated carbocycles. The molecule has 1 heterocycles. The highest BCUT2D eigenvalue weighted by molar-refractivity contribution is 5.78. The maximum Gasteiger partial charge on any atom is 0.126 e. The fourth-order valence-corrected chi connectivity index (χ4v) is 1.87. The lowest BCUT2D eigenvalue weighted by Gasteiger charge is -2.05. The summed E-state index contributed by atoms with van der Waals surface area (Å²) in [7, 11) is 2.02. The molecule has 0 unspecified atom stereocenters. The third-order valence-corrected chi connectivity index (χ3v) is 2.94. The number of aromatic nitrogens is 2. The average molecular weight is 203 g/mol. The van der Waals surface area contributed by atoms with Gasteiger partial charge in [0, 0.05) is 7.05 Å². The van der Waals surface area contributed by atoms with Gasteiger partial charge in [0.05, 0.1) is 17.1 Å². The average Bonchev–Trinajstić information content (AvgIpc) is 2.46. The number of nitrogens with zero attached hydrogens (tertiary/aromatic N) is 2. The van der Waals surface area contributed by atoms with Crippen molar-refractivity contribution in [2.45, 2.75) is 26.8 Å². The van der Waals surface area contributed by atoms with Crippen LogP contribution in [0.15, 0.2) is 12.1 Å². The SMILES string of the molecule is Cc1cc2nc([C@H](C)N)n(C)c2cc1C. The van der Waals surface area contributed by atoms with Gasteiger partial charge in [-0.2, -0.15) is 0 Å². The van der Waals surface area contributed by atoms with Gasteiger partial charge in [0.1, 0.15) is 5.82 Å². The zero-order chi connectivity index (χ0) is 11.2. The molecule has 0 aliphatic carbocycles. The number of nitrogens with two attached hydrogens (primary N) is 1. The van der Waals surface area contributed by atoms with Crippen LogP contribution in [0.2, 0.25) is 0 Å². The Morgan fingerprint density at radius 3 is 2.47 bits per heavy atom. The van der Waals surface area contributed by atoms with Crippen molar-refractivity contribution in [3.8, 4) is 0 Å². The van der Waals surface area contributed by atoms with Crippen LogP contribution in [0.3, 0.4) is 0 Å². The van der Waals surface area contributed by atoms with Gasteiger partial charge in [-0.1, -0.05) is 0 Å². The first-order valence-electron chi connectivity index (χ1n) is 5.20. The Labute approximate surface area is 89.9 Å². The van der Waals surface area contributed by atoms with Crippen LogP contribution < -0.4 is 5.73 Å². The highest BCUT2D eigenvalue weighted by Gasteiger charge is 2.11. The van der Waals surface area contributed by atoms with Crippen molar-refractivity contribution < 1.29 is 0 Å². The second-order valence-corrected chi connectivity index (χ2v) is 4.24. The maximum absolute atomic E-state index is 5.87. The number of rotatable bonds is 1. The van der Waals surface area contributed by atoms with Gasteiger partial charge in [0.15, 0.2) is 0 Å². The lowest BCUT2D eigenvalue weighted by molar-refractivity contribution is 0.696. The minimum Gasteiger partial charge on any atom is -0.330 e. The van der Waals surface area contributed by atoms with Crippen LogP contribution >= 0.6 is 0 Å². The van der Waals surface area contributed by atoms with E-state index in [-0.39, 0.29) is 6.04 Å². The molecule has 1 aromatic heterocycles. The summed E-state index contributed by atoms with van der Waals surface area (Å²) < 4.78 is 2.08. The van der Waals surface area contributed by atoms with Gasteiger partial charge in [-0.3, -0.25) is 0 Å². The Kier molecular flexibility index (Phi) is 2.27. The third-order valence-electron chi connectivity index (χ3n) is 2.94. The Bertz CT molecular complexity index is 509. The van der Waals surface area contributed by atoms with Crippen LogP contribution in [0.25, 0.3) is 11.0 Å². The van der Waals surface area contributed by atoms with Crippen molar-refractivity contribution in [3.63, 3.8) is 0 Å². The predicted molar refractivity (Wildman–Crippen MR) is 62.8 cm³/mol. The Hall–Kier alpha value is -1.35. The molecule has 2 N–H and O–H groups in total. The number of benzene rings is 1. The second kappa shape index (κ2) is 3.35. The standard InChI is InChI=1S/C12H17N3/c1-7-5-10-11(6-8(7)2)15(4)12(14-10)9(3)13/h5-6,9H,13H2,1-4H3/t9-/m0/s1. The molecule has 15 heavy (non-hydrogen) atoms. The molecule has 0 amide bonds. The molecule has 2 rings (SSSR count). The Morgan fingerprint density at radius 1 is 1.27 bits per heavy atom. The van der Waals surface area contributed by atoms with E-state index in [4.69, 9.17) is 5.73 Å². The summed E-state index contributed by atoms with van der Waals surface area (Å²) in [6.45, 7) is 6.18. The van der Waals surface area contributed by atoms with Crippen molar-refractivity contribution in [2.75, 3.05) is 0 Å². The summed E-state index contributed by atoms with van der Waals surface area (Å²) in [5.41, 5.74) is 10.6. The predicted octanol–water partition coefficient (Wildman–Crippen LogP) is 2.21. The molecule has 0 fully saturated rings. The molecule has 80 valence electrons. The third kappa shape index (κ3) is 1.53. The van der Waals surface area contributed by atoms with E-state index in [9.17, 15) is 0 Å². The van der Waals surface area contributed by atoms with Crippen molar-refractivity contribution in [1.82, 2.24) is 9.55 Å². The molecule has 3 heteroatoms. The van der Waals surface area contributed by atoms with E-state index in [1.165, 1.54) is 11.1 Å². The van der Waals surface area contributed by atoms with Crippen LogP contribution in [0.5, 0.6) is 0 Å². The molecule has 2 aromatic rings. The summed E-state index contributed by atoms with van der Waals surface area (Å²) in [4.78, 5) is 4.55. The summed E-state index contributed by atoms with van der Waals surface area (Å²) in [5.74, 6) is 0.940. The summed E-state index contributed by atoms with van der Waals surface area (Å²) in [6.07, 6.45) is 0. The lowest BCUT2D eigenvalue weighted by atomic mass is 10.1. The van der Waals surface area contributed by atoms with Gasteiger partial charge >= 0.3 is 0 Å². The number of hydrogen-bond acceptors (Lipinski definition) is 2. The highest BCUT2D eigenvalue weighted by atomic mass is 15.1. The van der Waals surface area contributed by atoms with Gasteiger partial charge in [0.2, 0.25) is 0 Å². The highest BCUT2D eigenvalue weighted by Crippen LogP contribution is 2.21. The second-order valence-electron chi connectivity index (χ2n) is 4.24. The van der Waals surface area contributed by atoms with Crippen molar-refractivity contribution in [2.24, 2.45) is 12.8 Å². The minimum atomic E-state index is -0.0250. The normalized spacial score (nSPS) is 13.4. The van der Waals surface area contributed by atoms with Crippen molar-refractivity contribution >= 4 is 11.0 Å².